The zero-order valence-corrected chi connectivity index (χ0v) is 17.8. The van der Waals surface area contributed by atoms with E-state index in [0.29, 0.717) is 17.2 Å². The summed E-state index contributed by atoms with van der Waals surface area (Å²) in [6, 6.07) is 19.6. The van der Waals surface area contributed by atoms with Crippen molar-refractivity contribution in [3.8, 4) is 11.8 Å². The number of hydrogen-bond donors (Lipinski definition) is 0. The van der Waals surface area contributed by atoms with Crippen LogP contribution in [0.4, 0.5) is 5.69 Å². The van der Waals surface area contributed by atoms with Crippen molar-refractivity contribution < 1.29 is 4.79 Å². The highest BCUT2D eigenvalue weighted by Crippen LogP contribution is 2.27. The van der Waals surface area contributed by atoms with Gasteiger partial charge in [0.15, 0.2) is 5.65 Å². The molecule has 0 aliphatic heterocycles. The fourth-order valence-electron chi connectivity index (χ4n) is 3.19. The number of amides is 1. The molecule has 0 bridgehead atoms. The Hall–Kier alpha value is -3.70. The minimum Gasteiger partial charge on any atom is -0.311 e. The number of carbonyl (C=O) groups excluding carboxylic acids is 1. The molecule has 1 amide bonds. The molecule has 31 heavy (non-hydrogen) atoms. The average molecular weight is 429 g/mol. The van der Waals surface area contributed by atoms with Crippen molar-refractivity contribution in [1.29, 1.82) is 5.26 Å². The van der Waals surface area contributed by atoms with Gasteiger partial charge in [-0.3, -0.25) is 4.79 Å². The third-order valence-corrected chi connectivity index (χ3v) is 5.75. The first kappa shape index (κ1) is 20.6. The lowest BCUT2D eigenvalue weighted by Crippen LogP contribution is -2.33. The third-order valence-electron chi connectivity index (χ3n) is 4.76. The Morgan fingerprint density at radius 1 is 1.13 bits per heavy atom. The van der Waals surface area contributed by atoms with Gasteiger partial charge in [0.2, 0.25) is 5.91 Å². The van der Waals surface area contributed by atoms with Gasteiger partial charge in [-0.15, -0.1) is 0 Å². The number of anilines is 1. The maximum absolute atomic E-state index is 13.0. The summed E-state index contributed by atoms with van der Waals surface area (Å²) >= 11 is 1.35. The number of nitriles is 1. The van der Waals surface area contributed by atoms with Crippen LogP contribution in [0.5, 0.6) is 0 Å². The van der Waals surface area contributed by atoms with Gasteiger partial charge >= 0.3 is 0 Å². The number of thioether (sulfide) groups is 1. The highest BCUT2D eigenvalue weighted by Gasteiger charge is 2.18. The fraction of sp³-hybridized carbons (Fsp3) is 0.174. The molecule has 0 N–H and O–H groups in total. The Bertz CT molecular complexity index is 1230. The van der Waals surface area contributed by atoms with Crippen LogP contribution >= 0.6 is 11.8 Å². The maximum Gasteiger partial charge on any atom is 0.237 e. The molecule has 0 aliphatic rings. The Labute approximate surface area is 184 Å². The zero-order chi connectivity index (χ0) is 21.6. The van der Waals surface area contributed by atoms with E-state index in [2.05, 4.69) is 21.1 Å². The number of fused-ring (bicyclic) bond motifs is 1. The molecule has 0 saturated heterocycles. The van der Waals surface area contributed by atoms with E-state index in [9.17, 15) is 4.79 Å². The largest absolute Gasteiger partial charge is 0.311 e. The van der Waals surface area contributed by atoms with E-state index >= 15 is 0 Å². The summed E-state index contributed by atoms with van der Waals surface area (Å²) in [5.74, 6) is 0.119. The molecule has 0 radical (unpaired) electrons. The minimum atomic E-state index is -0.0775. The molecule has 8 heteroatoms. The van der Waals surface area contributed by atoms with E-state index in [1.165, 1.54) is 18.1 Å². The predicted octanol–water partition coefficient (Wildman–Crippen LogP) is 4.16. The Balaban J connectivity index is 1.55. The number of nitrogens with zero attached hydrogens (tertiary/aromatic N) is 6. The van der Waals surface area contributed by atoms with Gasteiger partial charge in [-0.2, -0.15) is 10.4 Å². The summed E-state index contributed by atoms with van der Waals surface area (Å²) in [5.41, 5.74) is 3.50. The zero-order valence-electron chi connectivity index (χ0n) is 17.0. The molecule has 2 heterocycles. The van der Waals surface area contributed by atoms with Crippen molar-refractivity contribution in [2.75, 3.05) is 17.2 Å². The van der Waals surface area contributed by atoms with Gasteiger partial charge in [0.05, 0.1) is 35.5 Å². The molecule has 4 rings (SSSR count). The lowest BCUT2D eigenvalue weighted by atomic mass is 10.2. The topological polar surface area (TPSA) is 87.7 Å². The van der Waals surface area contributed by atoms with Crippen LogP contribution in [-0.2, 0) is 4.79 Å². The standard InChI is InChI=1S/C23H20N6OS/c1-17-8-10-18(11-9-17)28(13-5-12-24)21(30)15-31-23-20-14-27-29(22(20)25-16-26-23)19-6-3-2-4-7-19/h2-4,6-11,14,16H,5,13,15H2,1H3. The van der Waals surface area contributed by atoms with Crippen LogP contribution in [-0.4, -0.2) is 38.0 Å². The minimum absolute atomic E-state index is 0.0775. The molecule has 0 atom stereocenters. The van der Waals surface area contributed by atoms with Gasteiger partial charge in [0, 0.05) is 12.2 Å². The van der Waals surface area contributed by atoms with Crippen molar-refractivity contribution in [1.82, 2.24) is 19.7 Å². The van der Waals surface area contributed by atoms with E-state index in [1.54, 1.807) is 15.8 Å². The molecular formula is C23H20N6OS. The van der Waals surface area contributed by atoms with Gasteiger partial charge in [-0.05, 0) is 31.2 Å². The number of rotatable bonds is 7. The van der Waals surface area contributed by atoms with E-state index in [4.69, 9.17) is 5.26 Å². The van der Waals surface area contributed by atoms with Crippen LogP contribution in [0.15, 0.2) is 72.1 Å². The second-order valence-electron chi connectivity index (χ2n) is 6.89. The van der Waals surface area contributed by atoms with Crippen LogP contribution in [0.2, 0.25) is 0 Å². The summed E-state index contributed by atoms with van der Waals surface area (Å²) in [4.78, 5) is 23.4. The van der Waals surface area contributed by atoms with Crippen molar-refractivity contribution >= 4 is 34.4 Å². The SMILES string of the molecule is Cc1ccc(N(CCC#N)C(=O)CSc2ncnc3c2cnn3-c2ccccc2)cc1. The van der Waals surface area contributed by atoms with Crippen LogP contribution in [0.25, 0.3) is 16.7 Å². The predicted molar refractivity (Wildman–Crippen MR) is 121 cm³/mol. The quantitative estimate of drug-likeness (QED) is 0.324. The second kappa shape index (κ2) is 9.41. The van der Waals surface area contributed by atoms with Crippen LogP contribution < -0.4 is 4.90 Å². The van der Waals surface area contributed by atoms with Crippen molar-refractivity contribution in [2.24, 2.45) is 0 Å². The summed E-state index contributed by atoms with van der Waals surface area (Å²) in [6.45, 7) is 2.35. The van der Waals surface area contributed by atoms with Crippen molar-refractivity contribution in [2.45, 2.75) is 18.4 Å². The van der Waals surface area contributed by atoms with Crippen molar-refractivity contribution in [3.63, 3.8) is 0 Å². The third kappa shape index (κ3) is 4.57. The molecule has 154 valence electrons. The van der Waals surface area contributed by atoms with E-state index < -0.39 is 0 Å². The van der Waals surface area contributed by atoms with Gasteiger partial charge < -0.3 is 4.90 Å². The molecule has 0 unspecified atom stereocenters. The lowest BCUT2D eigenvalue weighted by Gasteiger charge is -2.21. The first-order valence-electron chi connectivity index (χ1n) is 9.78. The molecule has 7 nitrogen and oxygen atoms in total. The summed E-state index contributed by atoms with van der Waals surface area (Å²) in [7, 11) is 0. The van der Waals surface area contributed by atoms with Crippen LogP contribution in [0.3, 0.4) is 0 Å². The van der Waals surface area contributed by atoms with E-state index in [0.717, 1.165) is 22.3 Å². The molecule has 0 spiro atoms. The Morgan fingerprint density at radius 2 is 1.90 bits per heavy atom. The number of para-hydroxylation sites is 1. The summed E-state index contributed by atoms with van der Waals surface area (Å²) < 4.78 is 1.76. The maximum atomic E-state index is 13.0. The number of carbonyl (C=O) groups is 1. The average Bonchev–Trinajstić information content (AvgIpc) is 3.24. The van der Waals surface area contributed by atoms with E-state index in [1.807, 2.05) is 61.5 Å². The molecule has 0 aliphatic carbocycles. The first-order chi connectivity index (χ1) is 15.2. The number of aryl methyl sites for hydroxylation is 1. The fourth-order valence-corrected chi connectivity index (χ4v) is 4.03. The Morgan fingerprint density at radius 3 is 2.65 bits per heavy atom. The smallest absolute Gasteiger partial charge is 0.237 e. The highest BCUT2D eigenvalue weighted by atomic mass is 32.2. The molecule has 2 aromatic carbocycles. The lowest BCUT2D eigenvalue weighted by molar-refractivity contribution is -0.116. The first-order valence-corrected chi connectivity index (χ1v) is 10.8. The molecule has 0 saturated carbocycles. The van der Waals surface area contributed by atoms with Crippen molar-refractivity contribution in [3.05, 3.63) is 72.7 Å². The molecule has 0 fully saturated rings. The normalized spacial score (nSPS) is 10.7. The molecular weight excluding hydrogens is 408 g/mol. The van der Waals surface area contributed by atoms with Gasteiger partial charge in [-0.1, -0.05) is 47.7 Å². The van der Waals surface area contributed by atoms with Gasteiger partial charge in [0.25, 0.3) is 0 Å². The number of aromatic nitrogens is 4. The molecule has 4 aromatic rings. The van der Waals surface area contributed by atoms with Crippen LogP contribution in [0.1, 0.15) is 12.0 Å². The molecule has 2 aromatic heterocycles. The van der Waals surface area contributed by atoms with Crippen LogP contribution in [0, 0.1) is 18.3 Å². The monoisotopic (exact) mass is 428 g/mol. The number of benzene rings is 2. The Kier molecular flexibility index (Phi) is 6.24. The van der Waals surface area contributed by atoms with Gasteiger partial charge in [-0.25, -0.2) is 14.6 Å². The van der Waals surface area contributed by atoms with Gasteiger partial charge in [0.1, 0.15) is 11.4 Å². The number of hydrogen-bond acceptors (Lipinski definition) is 6. The van der Waals surface area contributed by atoms with E-state index in [-0.39, 0.29) is 18.1 Å². The second-order valence-corrected chi connectivity index (χ2v) is 7.85. The summed E-state index contributed by atoms with van der Waals surface area (Å²) in [6.07, 6.45) is 3.48. The summed E-state index contributed by atoms with van der Waals surface area (Å²) in [5, 5.41) is 14.9. The highest BCUT2D eigenvalue weighted by molar-refractivity contribution is 8.00.